The van der Waals surface area contributed by atoms with E-state index in [1.165, 1.54) is 6.42 Å². The number of piperidine rings is 1. The molecular weight excluding hydrogens is 312 g/mol. The molecule has 0 aliphatic carbocycles. The summed E-state index contributed by atoms with van der Waals surface area (Å²) < 4.78 is 0. The molecule has 2 heterocycles. The van der Waals surface area contributed by atoms with E-state index in [-0.39, 0.29) is 17.7 Å². The highest BCUT2D eigenvalue weighted by Gasteiger charge is 2.38. The fourth-order valence-electron chi connectivity index (χ4n) is 3.52. The molecule has 2 saturated heterocycles. The van der Waals surface area contributed by atoms with Gasteiger partial charge in [-0.1, -0.05) is 24.6 Å². The van der Waals surface area contributed by atoms with Crippen molar-refractivity contribution in [2.24, 2.45) is 11.8 Å². The predicted molar refractivity (Wildman–Crippen MR) is 91.6 cm³/mol. The number of hydrogen-bond donors (Lipinski definition) is 0. The number of nitrogens with zero attached hydrogens (tertiary/aromatic N) is 2. The number of amides is 2. The van der Waals surface area contributed by atoms with Gasteiger partial charge in [-0.05, 0) is 43.4 Å². The lowest BCUT2D eigenvalue weighted by Crippen LogP contribution is -2.43. The summed E-state index contributed by atoms with van der Waals surface area (Å²) in [6.45, 7) is 6.22. The second-order valence-corrected chi connectivity index (χ2v) is 7.28. The van der Waals surface area contributed by atoms with Crippen LogP contribution in [-0.4, -0.2) is 36.3 Å². The average Bonchev–Trinajstić information content (AvgIpc) is 2.91. The summed E-state index contributed by atoms with van der Waals surface area (Å²) in [4.78, 5) is 28.7. The maximum absolute atomic E-state index is 12.7. The van der Waals surface area contributed by atoms with Crippen LogP contribution in [0.4, 0.5) is 5.69 Å². The average molecular weight is 335 g/mol. The van der Waals surface area contributed by atoms with E-state index in [0.717, 1.165) is 30.8 Å². The molecule has 0 aromatic heterocycles. The first-order valence-corrected chi connectivity index (χ1v) is 8.69. The quantitative estimate of drug-likeness (QED) is 0.833. The normalized spacial score (nSPS) is 25.1. The summed E-state index contributed by atoms with van der Waals surface area (Å²) in [5.74, 6) is 0.462. The maximum atomic E-state index is 12.7. The van der Waals surface area contributed by atoms with Crippen molar-refractivity contribution in [3.63, 3.8) is 0 Å². The van der Waals surface area contributed by atoms with Crippen LogP contribution in [0.15, 0.2) is 18.2 Å². The highest BCUT2D eigenvalue weighted by Crippen LogP contribution is 2.30. The van der Waals surface area contributed by atoms with E-state index >= 15 is 0 Å². The number of anilines is 1. The number of carbonyl (C=O) groups excluding carboxylic acids is 2. The van der Waals surface area contributed by atoms with E-state index in [1.54, 1.807) is 4.90 Å². The third-order valence-electron chi connectivity index (χ3n) is 4.91. The van der Waals surface area contributed by atoms with Crippen LogP contribution in [0.2, 0.25) is 5.02 Å². The summed E-state index contributed by atoms with van der Waals surface area (Å²) >= 11 is 6.16. The molecule has 1 aromatic rings. The minimum absolute atomic E-state index is 0.00771. The molecule has 3 rings (SSSR count). The highest BCUT2D eigenvalue weighted by molar-refractivity contribution is 6.31. The molecular formula is C18H23ClN2O2. The molecule has 0 unspecified atom stereocenters. The molecule has 5 heteroatoms. The van der Waals surface area contributed by atoms with Gasteiger partial charge in [-0.15, -0.1) is 0 Å². The molecule has 124 valence electrons. The largest absolute Gasteiger partial charge is 0.342 e. The number of aryl methyl sites for hydroxylation is 1. The number of halogens is 1. The highest BCUT2D eigenvalue weighted by atomic mass is 35.5. The number of benzene rings is 1. The molecule has 1 aromatic carbocycles. The number of hydrogen-bond acceptors (Lipinski definition) is 2. The molecule has 2 amide bonds. The molecule has 4 nitrogen and oxygen atoms in total. The van der Waals surface area contributed by atoms with Crippen molar-refractivity contribution in [1.82, 2.24) is 4.90 Å². The number of carbonyl (C=O) groups is 2. The molecule has 2 fully saturated rings. The van der Waals surface area contributed by atoms with Crippen LogP contribution in [0.25, 0.3) is 0 Å². The van der Waals surface area contributed by atoms with Crippen molar-refractivity contribution in [3.8, 4) is 0 Å². The summed E-state index contributed by atoms with van der Waals surface area (Å²) in [5, 5.41) is 0.648. The summed E-state index contributed by atoms with van der Waals surface area (Å²) in [7, 11) is 0. The van der Waals surface area contributed by atoms with Gasteiger partial charge in [0, 0.05) is 36.8 Å². The maximum Gasteiger partial charge on any atom is 0.228 e. The molecule has 0 spiro atoms. The van der Waals surface area contributed by atoms with E-state index in [9.17, 15) is 9.59 Å². The van der Waals surface area contributed by atoms with E-state index in [0.29, 0.717) is 23.9 Å². The Bertz CT molecular complexity index is 631. The van der Waals surface area contributed by atoms with Gasteiger partial charge >= 0.3 is 0 Å². The van der Waals surface area contributed by atoms with Crippen molar-refractivity contribution >= 4 is 29.1 Å². The number of likely N-dealkylation sites (tertiary alicyclic amines) is 1. The fourth-order valence-corrected chi connectivity index (χ4v) is 3.69. The van der Waals surface area contributed by atoms with Gasteiger partial charge in [0.25, 0.3) is 0 Å². The van der Waals surface area contributed by atoms with Crippen LogP contribution < -0.4 is 4.90 Å². The van der Waals surface area contributed by atoms with Crippen LogP contribution in [-0.2, 0) is 9.59 Å². The van der Waals surface area contributed by atoms with Crippen molar-refractivity contribution < 1.29 is 9.59 Å². The zero-order valence-electron chi connectivity index (χ0n) is 13.7. The van der Waals surface area contributed by atoms with Crippen LogP contribution in [0.3, 0.4) is 0 Å². The van der Waals surface area contributed by atoms with Crippen molar-refractivity contribution in [3.05, 3.63) is 28.8 Å². The van der Waals surface area contributed by atoms with Gasteiger partial charge in [-0.25, -0.2) is 0 Å². The monoisotopic (exact) mass is 334 g/mol. The molecule has 0 bridgehead atoms. The van der Waals surface area contributed by atoms with Crippen LogP contribution in [0.5, 0.6) is 0 Å². The SMILES string of the molecule is Cc1ccc(N2C[C@H](C(=O)N3CCC[C@@H](C)C3)CC2=O)cc1Cl. The van der Waals surface area contributed by atoms with E-state index in [4.69, 9.17) is 11.6 Å². The van der Waals surface area contributed by atoms with Crippen LogP contribution in [0.1, 0.15) is 31.7 Å². The zero-order valence-corrected chi connectivity index (χ0v) is 14.5. The topological polar surface area (TPSA) is 40.6 Å². The molecule has 0 saturated carbocycles. The molecule has 2 aliphatic rings. The Kier molecular flexibility index (Phi) is 4.62. The van der Waals surface area contributed by atoms with Gasteiger partial charge in [0.05, 0.1) is 5.92 Å². The Morgan fingerprint density at radius 1 is 1.30 bits per heavy atom. The first-order chi connectivity index (χ1) is 11.0. The van der Waals surface area contributed by atoms with Crippen LogP contribution in [0, 0.1) is 18.8 Å². The Labute approximate surface area is 142 Å². The smallest absolute Gasteiger partial charge is 0.228 e. The van der Waals surface area contributed by atoms with Gasteiger partial charge in [0.15, 0.2) is 0 Å². The zero-order chi connectivity index (χ0) is 16.6. The molecule has 0 radical (unpaired) electrons. The van der Waals surface area contributed by atoms with Crippen molar-refractivity contribution in [2.45, 2.75) is 33.1 Å². The molecule has 2 atom stereocenters. The third kappa shape index (κ3) is 3.37. The minimum Gasteiger partial charge on any atom is -0.342 e. The fraction of sp³-hybridized carbons (Fsp3) is 0.556. The summed E-state index contributed by atoms with van der Waals surface area (Å²) in [6, 6.07) is 5.62. The Morgan fingerprint density at radius 2 is 2.09 bits per heavy atom. The first kappa shape index (κ1) is 16.3. The van der Waals surface area contributed by atoms with Crippen molar-refractivity contribution in [1.29, 1.82) is 0 Å². The molecule has 2 aliphatic heterocycles. The number of rotatable bonds is 2. The second-order valence-electron chi connectivity index (χ2n) is 6.87. The molecule has 0 N–H and O–H groups in total. The Hall–Kier alpha value is -1.55. The van der Waals surface area contributed by atoms with Gasteiger partial charge in [0.1, 0.15) is 0 Å². The van der Waals surface area contributed by atoms with Crippen molar-refractivity contribution in [2.75, 3.05) is 24.5 Å². The van der Waals surface area contributed by atoms with E-state index in [2.05, 4.69) is 6.92 Å². The Morgan fingerprint density at radius 3 is 2.78 bits per heavy atom. The first-order valence-electron chi connectivity index (χ1n) is 8.31. The summed E-state index contributed by atoms with van der Waals surface area (Å²) in [5.41, 5.74) is 1.77. The standard InChI is InChI=1S/C18H23ClN2O2/c1-12-4-3-7-20(10-12)18(23)14-8-17(22)21(11-14)15-6-5-13(2)16(19)9-15/h5-6,9,12,14H,3-4,7-8,10-11H2,1-2H3/t12-,14-/m1/s1. The predicted octanol–water partition coefficient (Wildman–Crippen LogP) is 3.26. The van der Waals surface area contributed by atoms with Gasteiger partial charge < -0.3 is 9.80 Å². The van der Waals surface area contributed by atoms with Gasteiger partial charge in [0.2, 0.25) is 11.8 Å². The second kappa shape index (κ2) is 6.52. The lowest BCUT2D eigenvalue weighted by Gasteiger charge is -2.32. The van der Waals surface area contributed by atoms with Gasteiger partial charge in [-0.3, -0.25) is 9.59 Å². The van der Waals surface area contributed by atoms with Crippen LogP contribution >= 0.6 is 11.6 Å². The lowest BCUT2D eigenvalue weighted by atomic mass is 9.98. The minimum atomic E-state index is -0.229. The summed E-state index contributed by atoms with van der Waals surface area (Å²) in [6.07, 6.45) is 2.54. The third-order valence-corrected chi connectivity index (χ3v) is 5.32. The molecule has 23 heavy (non-hydrogen) atoms. The van der Waals surface area contributed by atoms with E-state index < -0.39 is 0 Å². The van der Waals surface area contributed by atoms with E-state index in [1.807, 2.05) is 30.0 Å². The Balaban J connectivity index is 1.71. The lowest BCUT2D eigenvalue weighted by molar-refractivity contribution is -0.137. The van der Waals surface area contributed by atoms with Gasteiger partial charge in [-0.2, -0.15) is 0 Å².